The van der Waals surface area contributed by atoms with Crippen LogP contribution in [-0.4, -0.2) is 45.4 Å². The molecule has 0 bridgehead atoms. The van der Waals surface area contributed by atoms with Gasteiger partial charge in [-0.1, -0.05) is 24.3 Å². The van der Waals surface area contributed by atoms with Crippen LogP contribution in [0.25, 0.3) is 9.81 Å². The highest BCUT2D eigenvalue weighted by atomic mass is 32.2. The molecule has 2 aromatic carbocycles. The predicted octanol–water partition coefficient (Wildman–Crippen LogP) is 8.55. The molecule has 0 unspecified atom stereocenters. The summed E-state index contributed by atoms with van der Waals surface area (Å²) in [7, 11) is 3.30. The third kappa shape index (κ3) is 8.23. The molecule has 0 saturated carbocycles. The van der Waals surface area contributed by atoms with E-state index in [-0.39, 0.29) is 12.2 Å². The van der Waals surface area contributed by atoms with Gasteiger partial charge in [0.05, 0.1) is 42.5 Å². The minimum absolute atomic E-state index is 0.00759. The third-order valence-electron chi connectivity index (χ3n) is 6.11. The van der Waals surface area contributed by atoms with E-state index in [1.165, 1.54) is 0 Å². The molecule has 1 aliphatic rings. The van der Waals surface area contributed by atoms with Crippen LogP contribution in [0.1, 0.15) is 52.7 Å². The van der Waals surface area contributed by atoms with Crippen LogP contribution in [0.15, 0.2) is 71.7 Å². The number of hydrogen-bond acceptors (Lipinski definition) is 8. The molecule has 2 aromatic rings. The monoisotopic (exact) mass is 598 g/mol. The molecule has 6 nitrogen and oxygen atoms in total. The maximum absolute atomic E-state index is 6.19. The van der Waals surface area contributed by atoms with Crippen LogP contribution in [0.3, 0.4) is 0 Å². The number of thiol groups is 1. The van der Waals surface area contributed by atoms with Crippen molar-refractivity contribution in [3.8, 4) is 23.0 Å². The van der Waals surface area contributed by atoms with Gasteiger partial charge in [0, 0.05) is 10.7 Å². The largest absolute Gasteiger partial charge is 0.496 e. The molecule has 0 N–H and O–H groups in total. The Balaban J connectivity index is 2.05. The van der Waals surface area contributed by atoms with E-state index in [0.717, 1.165) is 33.1 Å². The van der Waals surface area contributed by atoms with E-state index >= 15 is 0 Å². The van der Waals surface area contributed by atoms with Gasteiger partial charge in [0.25, 0.3) is 0 Å². The van der Waals surface area contributed by atoms with Gasteiger partial charge < -0.3 is 28.4 Å². The fourth-order valence-electron chi connectivity index (χ4n) is 4.17. The lowest BCUT2D eigenvalue weighted by Gasteiger charge is -2.24. The number of benzene rings is 2. The Hall–Kier alpha value is -3.10. The maximum atomic E-state index is 6.19. The molecule has 0 radical (unpaired) electrons. The first kappa shape index (κ1) is 32.4. The van der Waals surface area contributed by atoms with Gasteiger partial charge in [-0.15, -0.1) is 24.4 Å². The summed E-state index contributed by atoms with van der Waals surface area (Å²) in [5.41, 5.74) is 3.64. The molecule has 8 heteroatoms. The summed E-state index contributed by atoms with van der Waals surface area (Å²) in [6.07, 6.45) is 1.99. The zero-order chi connectivity index (χ0) is 30.1. The summed E-state index contributed by atoms with van der Waals surface area (Å²) in [5, 5.41) is 0. The second-order valence-electron chi connectivity index (χ2n) is 9.99. The summed E-state index contributed by atoms with van der Waals surface area (Å²) in [6.45, 7) is 17.1. The average molecular weight is 599 g/mol. The second-order valence-corrected chi connectivity index (χ2v) is 11.5. The van der Waals surface area contributed by atoms with Crippen molar-refractivity contribution in [1.29, 1.82) is 0 Å². The van der Waals surface area contributed by atoms with Crippen LogP contribution in [0, 0.1) is 0 Å². The molecular formula is C33H42O6S2. The highest BCUT2D eigenvalue weighted by Crippen LogP contribution is 2.45. The van der Waals surface area contributed by atoms with Gasteiger partial charge in [-0.3, -0.25) is 0 Å². The minimum atomic E-state index is -0.0248. The fraction of sp³-hybridized carbons (Fsp3) is 0.394. The minimum Gasteiger partial charge on any atom is -0.496 e. The van der Waals surface area contributed by atoms with E-state index in [1.807, 2.05) is 77.1 Å². The zero-order valence-electron chi connectivity index (χ0n) is 25.3. The van der Waals surface area contributed by atoms with Crippen LogP contribution in [-0.2, 0) is 9.47 Å². The fourth-order valence-corrected chi connectivity index (χ4v) is 5.70. The first-order valence-corrected chi connectivity index (χ1v) is 15.1. The lowest BCUT2D eigenvalue weighted by atomic mass is 10.0. The van der Waals surface area contributed by atoms with Crippen molar-refractivity contribution >= 4 is 34.2 Å². The molecule has 1 saturated heterocycles. The summed E-state index contributed by atoms with van der Waals surface area (Å²) >= 11 is 6.56. The van der Waals surface area contributed by atoms with E-state index in [0.29, 0.717) is 52.5 Å². The quantitative estimate of drug-likeness (QED) is 0.194. The molecule has 1 heterocycles. The van der Waals surface area contributed by atoms with Crippen molar-refractivity contribution in [3.63, 3.8) is 0 Å². The molecule has 0 amide bonds. The molecule has 1 aliphatic heterocycles. The van der Waals surface area contributed by atoms with Crippen LogP contribution in [0.5, 0.6) is 23.0 Å². The second kappa shape index (κ2) is 15.2. The molecule has 0 atom stereocenters. The van der Waals surface area contributed by atoms with E-state index < -0.39 is 0 Å². The topological polar surface area (TPSA) is 55.4 Å². The van der Waals surface area contributed by atoms with Crippen molar-refractivity contribution in [1.82, 2.24) is 0 Å². The Labute approximate surface area is 254 Å². The SMILES string of the molecule is C=C(C)/C(C)=C(\SC/C=C1\OCCO\C1=C(\S)c1c(OC)cccc1OC(C)C)c1c(OC)cccc1OC(C)C. The van der Waals surface area contributed by atoms with Gasteiger partial charge in [0.15, 0.2) is 11.5 Å². The van der Waals surface area contributed by atoms with E-state index in [2.05, 4.69) is 13.5 Å². The maximum Gasteiger partial charge on any atom is 0.175 e. The van der Waals surface area contributed by atoms with Gasteiger partial charge in [0.2, 0.25) is 0 Å². The summed E-state index contributed by atoms with van der Waals surface area (Å²) < 4.78 is 35.9. The van der Waals surface area contributed by atoms with Gasteiger partial charge >= 0.3 is 0 Å². The molecule has 0 aromatic heterocycles. The van der Waals surface area contributed by atoms with Crippen molar-refractivity contribution in [2.45, 2.75) is 53.8 Å². The Bertz CT molecular complexity index is 1320. The number of allylic oxidation sites excluding steroid dienone is 2. The van der Waals surface area contributed by atoms with Crippen LogP contribution in [0.2, 0.25) is 0 Å². The lowest BCUT2D eigenvalue weighted by Crippen LogP contribution is -2.16. The molecule has 222 valence electrons. The molecular weight excluding hydrogens is 556 g/mol. The van der Waals surface area contributed by atoms with Crippen molar-refractivity contribution in [3.05, 3.63) is 82.8 Å². The molecule has 3 rings (SSSR count). The molecule has 0 aliphatic carbocycles. The van der Waals surface area contributed by atoms with Crippen molar-refractivity contribution in [2.24, 2.45) is 0 Å². The summed E-state index contributed by atoms with van der Waals surface area (Å²) in [4.78, 5) is 1.61. The molecule has 0 spiro atoms. The molecule has 1 fully saturated rings. The third-order valence-corrected chi connectivity index (χ3v) is 7.67. The van der Waals surface area contributed by atoms with Crippen LogP contribution >= 0.6 is 24.4 Å². The Kier molecular flexibility index (Phi) is 12.0. The number of rotatable bonds is 12. The van der Waals surface area contributed by atoms with E-state index in [1.54, 1.807) is 26.0 Å². The van der Waals surface area contributed by atoms with Gasteiger partial charge in [0.1, 0.15) is 36.2 Å². The van der Waals surface area contributed by atoms with Gasteiger partial charge in [-0.05, 0) is 77.5 Å². The van der Waals surface area contributed by atoms with Crippen LogP contribution in [0.4, 0.5) is 0 Å². The van der Waals surface area contributed by atoms with Gasteiger partial charge in [-0.2, -0.15) is 0 Å². The Morgan fingerprint density at radius 2 is 1.39 bits per heavy atom. The zero-order valence-corrected chi connectivity index (χ0v) is 27.0. The number of thioether (sulfide) groups is 1. The first-order valence-electron chi connectivity index (χ1n) is 13.7. The molecule has 41 heavy (non-hydrogen) atoms. The first-order chi connectivity index (χ1) is 19.6. The highest BCUT2D eigenvalue weighted by molar-refractivity contribution is 8.08. The Morgan fingerprint density at radius 3 is 1.93 bits per heavy atom. The Morgan fingerprint density at radius 1 is 0.878 bits per heavy atom. The van der Waals surface area contributed by atoms with Crippen LogP contribution < -0.4 is 18.9 Å². The highest BCUT2D eigenvalue weighted by Gasteiger charge is 2.25. The van der Waals surface area contributed by atoms with Gasteiger partial charge in [-0.25, -0.2) is 0 Å². The summed E-state index contributed by atoms with van der Waals surface area (Å²) in [6, 6.07) is 11.5. The normalized spacial score (nSPS) is 16.1. The number of ether oxygens (including phenoxy) is 6. The van der Waals surface area contributed by atoms with E-state index in [9.17, 15) is 0 Å². The average Bonchev–Trinajstić information content (AvgIpc) is 2.94. The predicted molar refractivity (Wildman–Crippen MR) is 173 cm³/mol. The smallest absolute Gasteiger partial charge is 0.175 e. The van der Waals surface area contributed by atoms with Crippen molar-refractivity contribution in [2.75, 3.05) is 33.2 Å². The number of methoxy groups -OCH3 is 2. The standard InChI is InChI=1S/C33H42O6S2/c1-20(2)23(7)33(30-25(35-9)13-11-15-27(30)39-22(5)6)41-19-16-28-31(37-18-17-36-28)32(40)29-24(34-8)12-10-14-26(29)38-21(3)4/h10-16,21-22,40H,1,17-19H2,2-9H3/b28-16-,32-31+,33-23-. The summed E-state index contributed by atoms with van der Waals surface area (Å²) in [5.74, 6) is 4.55. The lowest BCUT2D eigenvalue weighted by molar-refractivity contribution is 0.0610. The van der Waals surface area contributed by atoms with Crippen molar-refractivity contribution < 1.29 is 28.4 Å². The van der Waals surface area contributed by atoms with E-state index in [4.69, 9.17) is 41.0 Å². The number of hydrogen-bond donors (Lipinski definition) is 1.